The third-order valence-electron chi connectivity index (χ3n) is 2.77. The lowest BCUT2D eigenvalue weighted by Crippen LogP contribution is -2.12. The van der Waals surface area contributed by atoms with Crippen molar-refractivity contribution >= 4 is 17.6 Å². The molecular formula is C13H14ClN3O4. The van der Waals surface area contributed by atoms with Crippen LogP contribution in [0.4, 0.5) is 0 Å². The number of aromatic nitrogens is 3. The second-order valence-corrected chi connectivity index (χ2v) is 4.62. The number of hydrogen-bond acceptors (Lipinski definition) is 5. The number of carboxylic acids is 1. The number of carboxylic acid groups (broad SMARTS) is 1. The van der Waals surface area contributed by atoms with E-state index in [1.165, 1.54) is 4.68 Å². The molecule has 7 nitrogen and oxygen atoms in total. The Hall–Kier alpha value is -2.12. The lowest BCUT2D eigenvalue weighted by Gasteiger charge is -2.09. The van der Waals surface area contributed by atoms with Gasteiger partial charge in [-0.25, -0.2) is 9.48 Å². The lowest BCUT2D eigenvalue weighted by atomic mass is 10.3. The van der Waals surface area contributed by atoms with Crippen molar-refractivity contribution in [2.75, 3.05) is 6.61 Å². The standard InChI is InChI=1S/C13H14ClN3O4/c14-9-4-1-2-5-11(9)21-8-10-12(13(19)20)15-16-17(10)6-3-7-18/h1-2,4-5,18H,3,6-8H2,(H,19,20). The molecule has 21 heavy (non-hydrogen) atoms. The molecule has 0 radical (unpaired) electrons. The first-order chi connectivity index (χ1) is 10.1. The molecule has 2 N–H and O–H groups in total. The maximum atomic E-state index is 11.1. The van der Waals surface area contributed by atoms with Gasteiger partial charge in [-0.3, -0.25) is 0 Å². The molecule has 0 aliphatic carbocycles. The molecule has 2 aromatic rings. The SMILES string of the molecule is O=C(O)c1nnn(CCCO)c1COc1ccccc1Cl. The molecule has 0 atom stereocenters. The Balaban J connectivity index is 2.19. The molecule has 1 aromatic heterocycles. The number of aromatic carboxylic acids is 1. The summed E-state index contributed by atoms with van der Waals surface area (Å²) in [4.78, 5) is 11.1. The van der Waals surface area contributed by atoms with Gasteiger partial charge in [-0.1, -0.05) is 28.9 Å². The fourth-order valence-corrected chi connectivity index (χ4v) is 1.94. The number of ether oxygens (including phenoxy) is 1. The third-order valence-corrected chi connectivity index (χ3v) is 3.08. The van der Waals surface area contributed by atoms with Crippen molar-refractivity contribution in [1.29, 1.82) is 0 Å². The smallest absolute Gasteiger partial charge is 0.358 e. The number of nitrogens with zero attached hydrogens (tertiary/aromatic N) is 3. The van der Waals surface area contributed by atoms with Crippen LogP contribution in [0.1, 0.15) is 22.6 Å². The van der Waals surface area contributed by atoms with Gasteiger partial charge in [0.2, 0.25) is 0 Å². The predicted octanol–water partition coefficient (Wildman–Crippen LogP) is 1.59. The quantitative estimate of drug-likeness (QED) is 0.806. The van der Waals surface area contributed by atoms with Crippen LogP contribution in [0.2, 0.25) is 5.02 Å². The molecule has 8 heteroatoms. The zero-order valence-electron chi connectivity index (χ0n) is 11.1. The number of halogens is 1. The number of carbonyl (C=O) groups is 1. The zero-order chi connectivity index (χ0) is 15.2. The highest BCUT2D eigenvalue weighted by atomic mass is 35.5. The summed E-state index contributed by atoms with van der Waals surface area (Å²) in [5.41, 5.74) is 0.163. The highest BCUT2D eigenvalue weighted by molar-refractivity contribution is 6.32. The topological polar surface area (TPSA) is 97.5 Å². The molecular weight excluding hydrogens is 298 g/mol. The van der Waals surface area contributed by atoms with Gasteiger partial charge < -0.3 is 14.9 Å². The lowest BCUT2D eigenvalue weighted by molar-refractivity contribution is 0.0687. The van der Waals surface area contributed by atoms with Crippen molar-refractivity contribution in [3.05, 3.63) is 40.7 Å². The highest BCUT2D eigenvalue weighted by Gasteiger charge is 2.19. The Morgan fingerprint density at radius 3 is 2.81 bits per heavy atom. The molecule has 112 valence electrons. The van der Waals surface area contributed by atoms with Crippen LogP contribution in [0.15, 0.2) is 24.3 Å². The van der Waals surface area contributed by atoms with Gasteiger partial charge in [0.15, 0.2) is 5.69 Å². The van der Waals surface area contributed by atoms with Crippen molar-refractivity contribution < 1.29 is 19.7 Å². The molecule has 1 heterocycles. The van der Waals surface area contributed by atoms with Gasteiger partial charge in [-0.05, 0) is 18.6 Å². The Bertz CT molecular complexity index is 630. The molecule has 1 aromatic carbocycles. The van der Waals surface area contributed by atoms with Gasteiger partial charge >= 0.3 is 5.97 Å². The van der Waals surface area contributed by atoms with Crippen molar-refractivity contribution in [1.82, 2.24) is 15.0 Å². The summed E-state index contributed by atoms with van der Waals surface area (Å²) in [5.74, 6) is -0.728. The van der Waals surface area contributed by atoms with Gasteiger partial charge in [0.25, 0.3) is 0 Å². The average molecular weight is 312 g/mol. The van der Waals surface area contributed by atoms with Crippen LogP contribution >= 0.6 is 11.6 Å². The molecule has 0 saturated heterocycles. The molecule has 0 fully saturated rings. The summed E-state index contributed by atoms with van der Waals surface area (Å²) in [7, 11) is 0. The Kier molecular flexibility index (Phi) is 5.13. The van der Waals surface area contributed by atoms with Gasteiger partial charge in [0, 0.05) is 13.2 Å². The fourth-order valence-electron chi connectivity index (χ4n) is 1.75. The number of para-hydroxylation sites is 1. The third kappa shape index (κ3) is 3.71. The predicted molar refractivity (Wildman–Crippen MR) is 74.5 cm³/mol. The second-order valence-electron chi connectivity index (χ2n) is 4.21. The first-order valence-electron chi connectivity index (χ1n) is 6.27. The van der Waals surface area contributed by atoms with Crippen molar-refractivity contribution in [2.24, 2.45) is 0 Å². The maximum Gasteiger partial charge on any atom is 0.358 e. The van der Waals surface area contributed by atoms with Crippen LogP contribution in [0.25, 0.3) is 0 Å². The molecule has 0 unspecified atom stereocenters. The van der Waals surface area contributed by atoms with E-state index in [9.17, 15) is 4.79 Å². The van der Waals surface area contributed by atoms with E-state index in [1.54, 1.807) is 24.3 Å². The first kappa shape index (κ1) is 15.3. The highest BCUT2D eigenvalue weighted by Crippen LogP contribution is 2.24. The van der Waals surface area contributed by atoms with Crippen LogP contribution in [-0.4, -0.2) is 37.8 Å². The minimum Gasteiger partial charge on any atom is -0.486 e. The van der Waals surface area contributed by atoms with Gasteiger partial charge in [0.05, 0.1) is 5.02 Å². The summed E-state index contributed by atoms with van der Waals surface area (Å²) in [6.07, 6.45) is 0.446. The van der Waals surface area contributed by atoms with Gasteiger partial charge in [0.1, 0.15) is 18.1 Å². The molecule has 0 bridgehead atoms. The van der Waals surface area contributed by atoms with E-state index in [0.717, 1.165) is 0 Å². The number of hydrogen-bond donors (Lipinski definition) is 2. The van der Waals surface area contributed by atoms with Crippen LogP contribution in [0.5, 0.6) is 5.75 Å². The molecule has 2 rings (SSSR count). The summed E-state index contributed by atoms with van der Waals surface area (Å²) >= 11 is 5.98. The maximum absolute atomic E-state index is 11.1. The summed E-state index contributed by atoms with van der Waals surface area (Å²) in [5, 5.41) is 25.8. The van der Waals surface area contributed by atoms with E-state index in [4.69, 9.17) is 26.6 Å². The average Bonchev–Trinajstić information content (AvgIpc) is 2.87. The van der Waals surface area contributed by atoms with Crippen LogP contribution in [0, 0.1) is 0 Å². The fraction of sp³-hybridized carbons (Fsp3) is 0.308. The van der Waals surface area contributed by atoms with E-state index in [2.05, 4.69) is 10.3 Å². The largest absolute Gasteiger partial charge is 0.486 e. The Labute approximate surface area is 125 Å². The van der Waals surface area contributed by atoms with Crippen molar-refractivity contribution in [3.63, 3.8) is 0 Å². The van der Waals surface area contributed by atoms with E-state index in [1.807, 2.05) is 0 Å². The normalized spacial score (nSPS) is 10.6. The summed E-state index contributed by atoms with van der Waals surface area (Å²) in [6.45, 7) is 0.314. The van der Waals surface area contributed by atoms with E-state index < -0.39 is 5.97 Å². The second kappa shape index (κ2) is 7.05. The molecule has 0 amide bonds. The minimum atomic E-state index is -1.18. The van der Waals surface area contributed by atoms with Crippen LogP contribution in [0.3, 0.4) is 0 Å². The summed E-state index contributed by atoms with van der Waals surface area (Å²) < 4.78 is 6.95. The van der Waals surface area contributed by atoms with Crippen LogP contribution in [-0.2, 0) is 13.2 Å². The van der Waals surface area contributed by atoms with Crippen LogP contribution < -0.4 is 4.74 Å². The van der Waals surface area contributed by atoms with Crippen molar-refractivity contribution in [3.8, 4) is 5.75 Å². The number of rotatable bonds is 7. The minimum absolute atomic E-state index is 0.0208. The van der Waals surface area contributed by atoms with E-state index in [-0.39, 0.29) is 18.9 Å². The molecule has 0 saturated carbocycles. The van der Waals surface area contributed by atoms with Gasteiger partial charge in [-0.2, -0.15) is 0 Å². The number of aliphatic hydroxyl groups excluding tert-OH is 1. The first-order valence-corrected chi connectivity index (χ1v) is 6.65. The number of aliphatic hydroxyl groups is 1. The number of benzene rings is 1. The van der Waals surface area contributed by atoms with E-state index >= 15 is 0 Å². The van der Waals surface area contributed by atoms with Crippen molar-refractivity contribution in [2.45, 2.75) is 19.6 Å². The van der Waals surface area contributed by atoms with Gasteiger partial charge in [-0.15, -0.1) is 5.10 Å². The Morgan fingerprint density at radius 2 is 2.14 bits per heavy atom. The number of aryl methyl sites for hydroxylation is 1. The molecule has 0 aliphatic heterocycles. The summed E-state index contributed by atoms with van der Waals surface area (Å²) in [6, 6.07) is 6.90. The molecule has 0 aliphatic rings. The zero-order valence-corrected chi connectivity index (χ0v) is 11.8. The monoisotopic (exact) mass is 311 g/mol. The Morgan fingerprint density at radius 1 is 1.38 bits per heavy atom. The molecule has 0 spiro atoms. The van der Waals surface area contributed by atoms with E-state index in [0.29, 0.717) is 29.4 Å².